The molecule has 0 unspecified atom stereocenters. The van der Waals surface area contributed by atoms with E-state index in [-0.39, 0.29) is 5.79 Å². The van der Waals surface area contributed by atoms with E-state index in [0.717, 1.165) is 25.8 Å². The Bertz CT molecular complexity index is 685. The van der Waals surface area contributed by atoms with E-state index in [2.05, 4.69) is 49.5 Å². The summed E-state index contributed by atoms with van der Waals surface area (Å²) in [7, 11) is 4.11. The van der Waals surface area contributed by atoms with Gasteiger partial charge in [-0.3, -0.25) is 4.68 Å². The minimum absolute atomic E-state index is 0.381. The number of rotatable bonds is 3. The lowest BCUT2D eigenvalue weighted by molar-refractivity contribution is -0.163. The molecule has 1 aromatic heterocycles. The molecular formula is C18H23N3O2. The standard InChI is InChI=1S/C18H23N3O2/c1-20(2)16-5-3-14(4-6-16)12-21-13-15-11-18(22-9-10-23-18)8-7-17(15)19-21/h3-6,13H,7-12H2,1-2H3. The van der Waals surface area contributed by atoms with Crippen molar-refractivity contribution < 1.29 is 9.47 Å². The molecule has 0 amide bonds. The number of ether oxygens (including phenoxy) is 2. The second-order valence-corrected chi connectivity index (χ2v) is 6.64. The van der Waals surface area contributed by atoms with Crippen molar-refractivity contribution in [3.63, 3.8) is 0 Å². The van der Waals surface area contributed by atoms with Crippen LogP contribution in [-0.2, 0) is 28.9 Å². The van der Waals surface area contributed by atoms with Gasteiger partial charge < -0.3 is 14.4 Å². The van der Waals surface area contributed by atoms with Crippen LogP contribution in [0.25, 0.3) is 0 Å². The van der Waals surface area contributed by atoms with Crippen molar-refractivity contribution in [2.24, 2.45) is 0 Å². The fourth-order valence-electron chi connectivity index (χ4n) is 3.46. The summed E-state index contributed by atoms with van der Waals surface area (Å²) in [6, 6.07) is 8.63. The van der Waals surface area contributed by atoms with Crippen molar-refractivity contribution >= 4 is 5.69 Å². The van der Waals surface area contributed by atoms with Gasteiger partial charge in [0.1, 0.15) is 0 Å². The van der Waals surface area contributed by atoms with Crippen molar-refractivity contribution in [1.29, 1.82) is 0 Å². The summed E-state index contributed by atoms with van der Waals surface area (Å²) < 4.78 is 13.7. The normalized spacial score (nSPS) is 19.0. The maximum Gasteiger partial charge on any atom is 0.172 e. The third kappa shape index (κ3) is 2.86. The number of benzene rings is 1. The van der Waals surface area contributed by atoms with Gasteiger partial charge in [0.15, 0.2) is 5.79 Å². The highest BCUT2D eigenvalue weighted by molar-refractivity contribution is 5.46. The number of nitrogens with zero attached hydrogens (tertiary/aromatic N) is 3. The zero-order chi connectivity index (χ0) is 15.9. The number of aryl methyl sites for hydroxylation is 1. The lowest BCUT2D eigenvalue weighted by atomic mass is 9.92. The SMILES string of the molecule is CN(C)c1ccc(Cn2cc3c(n2)CCC2(C3)OCCO2)cc1. The van der Waals surface area contributed by atoms with Gasteiger partial charge in [-0.25, -0.2) is 0 Å². The molecule has 1 aliphatic heterocycles. The molecule has 1 saturated heterocycles. The van der Waals surface area contributed by atoms with Crippen LogP contribution in [0.4, 0.5) is 5.69 Å². The Hall–Kier alpha value is -1.85. The van der Waals surface area contributed by atoms with Crippen LogP contribution in [0.3, 0.4) is 0 Å². The molecule has 4 rings (SSSR count). The van der Waals surface area contributed by atoms with Crippen molar-refractivity contribution in [1.82, 2.24) is 9.78 Å². The van der Waals surface area contributed by atoms with Crippen LogP contribution in [0.15, 0.2) is 30.5 Å². The van der Waals surface area contributed by atoms with E-state index in [4.69, 9.17) is 14.6 Å². The first-order valence-electron chi connectivity index (χ1n) is 8.23. The van der Waals surface area contributed by atoms with E-state index in [9.17, 15) is 0 Å². The number of fused-ring (bicyclic) bond motifs is 1. The Kier molecular flexibility index (Phi) is 3.62. The lowest BCUT2D eigenvalue weighted by Crippen LogP contribution is -2.36. The van der Waals surface area contributed by atoms with E-state index < -0.39 is 0 Å². The zero-order valence-corrected chi connectivity index (χ0v) is 13.8. The lowest BCUT2D eigenvalue weighted by Gasteiger charge is -2.30. The first kappa shape index (κ1) is 14.7. The topological polar surface area (TPSA) is 39.5 Å². The summed E-state index contributed by atoms with van der Waals surface area (Å²) >= 11 is 0. The van der Waals surface area contributed by atoms with Crippen LogP contribution in [-0.4, -0.2) is 42.9 Å². The molecule has 5 heteroatoms. The van der Waals surface area contributed by atoms with E-state index in [0.29, 0.717) is 13.2 Å². The molecule has 0 atom stereocenters. The molecule has 1 aromatic carbocycles. The highest BCUT2D eigenvalue weighted by Crippen LogP contribution is 2.34. The highest BCUT2D eigenvalue weighted by atomic mass is 16.7. The predicted octanol–water partition coefficient (Wildman–Crippen LogP) is 2.23. The summed E-state index contributed by atoms with van der Waals surface area (Å²) in [5.74, 6) is -0.381. The number of anilines is 1. The molecular weight excluding hydrogens is 290 g/mol. The van der Waals surface area contributed by atoms with Crippen molar-refractivity contribution in [2.75, 3.05) is 32.2 Å². The minimum Gasteiger partial charge on any atom is -0.378 e. The Morgan fingerprint density at radius 2 is 1.91 bits per heavy atom. The predicted molar refractivity (Wildman–Crippen MR) is 88.8 cm³/mol. The van der Waals surface area contributed by atoms with E-state index in [1.165, 1.54) is 22.5 Å². The monoisotopic (exact) mass is 313 g/mol. The van der Waals surface area contributed by atoms with E-state index in [1.54, 1.807) is 0 Å². The molecule has 2 aliphatic rings. The Labute approximate surface area is 136 Å². The largest absolute Gasteiger partial charge is 0.378 e. The summed E-state index contributed by atoms with van der Waals surface area (Å²) in [5, 5.41) is 4.75. The molecule has 23 heavy (non-hydrogen) atoms. The van der Waals surface area contributed by atoms with Crippen molar-refractivity contribution in [3.8, 4) is 0 Å². The summed E-state index contributed by atoms with van der Waals surface area (Å²) in [6.45, 7) is 2.22. The van der Waals surface area contributed by atoms with E-state index in [1.807, 2.05) is 4.68 Å². The van der Waals surface area contributed by atoms with Gasteiger partial charge in [0.2, 0.25) is 0 Å². The van der Waals surface area contributed by atoms with Crippen LogP contribution in [0.2, 0.25) is 0 Å². The highest BCUT2D eigenvalue weighted by Gasteiger charge is 2.40. The van der Waals surface area contributed by atoms with Gasteiger partial charge in [-0.1, -0.05) is 12.1 Å². The second-order valence-electron chi connectivity index (χ2n) is 6.64. The third-order valence-corrected chi connectivity index (χ3v) is 4.74. The smallest absolute Gasteiger partial charge is 0.172 e. The molecule has 5 nitrogen and oxygen atoms in total. The average molecular weight is 313 g/mol. The maximum absolute atomic E-state index is 5.84. The summed E-state index contributed by atoms with van der Waals surface area (Å²) in [4.78, 5) is 2.11. The molecule has 0 radical (unpaired) electrons. The third-order valence-electron chi connectivity index (χ3n) is 4.74. The van der Waals surface area contributed by atoms with Crippen LogP contribution in [0, 0.1) is 0 Å². The number of hydrogen-bond donors (Lipinski definition) is 0. The summed E-state index contributed by atoms with van der Waals surface area (Å²) in [5.41, 5.74) is 4.94. The van der Waals surface area contributed by atoms with Crippen LogP contribution in [0.1, 0.15) is 23.2 Å². The number of hydrogen-bond acceptors (Lipinski definition) is 4. The maximum atomic E-state index is 5.84. The Morgan fingerprint density at radius 1 is 1.17 bits per heavy atom. The van der Waals surface area contributed by atoms with Crippen LogP contribution >= 0.6 is 0 Å². The van der Waals surface area contributed by atoms with Gasteiger partial charge >= 0.3 is 0 Å². The van der Waals surface area contributed by atoms with Gasteiger partial charge in [0.05, 0.1) is 25.5 Å². The Balaban J connectivity index is 1.50. The first-order chi connectivity index (χ1) is 11.1. The summed E-state index contributed by atoms with van der Waals surface area (Å²) in [6.07, 6.45) is 4.82. The van der Waals surface area contributed by atoms with Gasteiger partial charge in [-0.05, 0) is 29.7 Å². The first-order valence-corrected chi connectivity index (χ1v) is 8.23. The molecule has 0 N–H and O–H groups in total. The molecule has 0 saturated carbocycles. The molecule has 1 aliphatic carbocycles. The quantitative estimate of drug-likeness (QED) is 0.871. The molecule has 122 valence electrons. The average Bonchev–Trinajstić information content (AvgIpc) is 3.14. The molecule has 2 aromatic rings. The van der Waals surface area contributed by atoms with Crippen molar-refractivity contribution in [3.05, 3.63) is 47.3 Å². The van der Waals surface area contributed by atoms with Gasteiger partial charge in [-0.15, -0.1) is 0 Å². The Morgan fingerprint density at radius 3 is 2.61 bits per heavy atom. The number of aromatic nitrogens is 2. The minimum atomic E-state index is -0.381. The fourth-order valence-corrected chi connectivity index (χ4v) is 3.46. The van der Waals surface area contributed by atoms with Crippen LogP contribution < -0.4 is 4.90 Å². The molecule has 1 fully saturated rings. The van der Waals surface area contributed by atoms with Crippen LogP contribution in [0.5, 0.6) is 0 Å². The zero-order valence-electron chi connectivity index (χ0n) is 13.8. The van der Waals surface area contributed by atoms with Gasteiger partial charge in [0, 0.05) is 38.8 Å². The molecule has 2 heterocycles. The fraction of sp³-hybridized carbons (Fsp3) is 0.500. The van der Waals surface area contributed by atoms with Gasteiger partial charge in [0.25, 0.3) is 0 Å². The van der Waals surface area contributed by atoms with E-state index >= 15 is 0 Å². The van der Waals surface area contributed by atoms with Gasteiger partial charge in [-0.2, -0.15) is 5.10 Å². The van der Waals surface area contributed by atoms with Crippen molar-refractivity contribution in [2.45, 2.75) is 31.6 Å². The molecule has 0 bridgehead atoms. The second kappa shape index (κ2) is 5.65. The molecule has 1 spiro atoms.